The molecule has 1 aromatic carbocycles. The van der Waals surface area contributed by atoms with Gasteiger partial charge >= 0.3 is 0 Å². The van der Waals surface area contributed by atoms with E-state index in [9.17, 15) is 9.59 Å². The first-order valence-corrected chi connectivity index (χ1v) is 7.79. The number of nitrogens with zero attached hydrogens (tertiary/aromatic N) is 1. The number of rotatable bonds is 2. The average Bonchev–Trinajstić information content (AvgIpc) is 2.77. The molecule has 0 spiro atoms. The quantitative estimate of drug-likeness (QED) is 0.809. The van der Waals surface area contributed by atoms with E-state index >= 15 is 0 Å². The van der Waals surface area contributed by atoms with Gasteiger partial charge in [0, 0.05) is 24.8 Å². The van der Waals surface area contributed by atoms with Crippen LogP contribution in [0.2, 0.25) is 0 Å². The number of amides is 2. The number of hydrogen-bond acceptors (Lipinski definition) is 5. The largest absolute Gasteiger partial charge is 0.369 e. The van der Waals surface area contributed by atoms with Gasteiger partial charge in [0.2, 0.25) is 0 Å². The second kappa shape index (κ2) is 7.17. The number of para-hydroxylation sites is 1. The maximum absolute atomic E-state index is 11.7. The summed E-state index contributed by atoms with van der Waals surface area (Å²) in [6.07, 6.45) is 3.90. The first-order chi connectivity index (χ1) is 10.1. The Bertz CT molecular complexity index is 621. The molecule has 2 aliphatic heterocycles. The van der Waals surface area contributed by atoms with E-state index in [1.807, 2.05) is 24.3 Å². The molecule has 0 aromatic heterocycles. The molecule has 0 aliphatic carbocycles. The fourth-order valence-corrected chi connectivity index (χ4v) is 3.36. The Morgan fingerprint density at radius 1 is 1.32 bits per heavy atom. The first-order valence-electron chi connectivity index (χ1n) is 6.98. The summed E-state index contributed by atoms with van der Waals surface area (Å²) in [6, 6.07) is 8.08. The Morgan fingerprint density at radius 2 is 2.09 bits per heavy atom. The van der Waals surface area contributed by atoms with E-state index in [1.165, 1.54) is 0 Å². The standard InChI is InChI=1S/C15H17N3O2S.ClH/c16-11-5-3-7-18(9-11)12-6-2-1-4-10(12)8-13-14(19)17-15(20)21-13;/h1-2,4,6,8,11H,3,5,7,9,16H2,(H,17,19,20);1H. The fraction of sp³-hybridized carbons (Fsp3) is 0.333. The Morgan fingerprint density at radius 3 is 2.77 bits per heavy atom. The van der Waals surface area contributed by atoms with E-state index in [0.717, 1.165) is 48.9 Å². The molecule has 3 rings (SSSR count). The van der Waals surface area contributed by atoms with Crippen molar-refractivity contribution in [2.75, 3.05) is 18.0 Å². The third kappa shape index (κ3) is 3.63. The number of anilines is 1. The Balaban J connectivity index is 0.00000176. The van der Waals surface area contributed by atoms with Gasteiger partial charge in [-0.1, -0.05) is 18.2 Å². The molecule has 0 bridgehead atoms. The lowest BCUT2D eigenvalue weighted by atomic mass is 10.0. The zero-order chi connectivity index (χ0) is 14.8. The topological polar surface area (TPSA) is 75.4 Å². The van der Waals surface area contributed by atoms with Crippen molar-refractivity contribution in [2.24, 2.45) is 5.73 Å². The number of carbonyl (C=O) groups excluding carboxylic acids is 2. The van der Waals surface area contributed by atoms with Crippen LogP contribution in [0, 0.1) is 0 Å². The molecule has 0 radical (unpaired) electrons. The molecule has 2 fully saturated rings. The van der Waals surface area contributed by atoms with E-state index in [2.05, 4.69) is 10.2 Å². The van der Waals surface area contributed by atoms with Gasteiger partial charge in [-0.15, -0.1) is 12.4 Å². The van der Waals surface area contributed by atoms with Crippen molar-refractivity contribution in [2.45, 2.75) is 18.9 Å². The summed E-state index contributed by atoms with van der Waals surface area (Å²) in [5.41, 5.74) is 8.05. The van der Waals surface area contributed by atoms with Crippen molar-refractivity contribution in [1.82, 2.24) is 5.32 Å². The third-order valence-electron chi connectivity index (χ3n) is 3.66. The highest BCUT2D eigenvalue weighted by molar-refractivity contribution is 8.18. The Labute approximate surface area is 139 Å². The summed E-state index contributed by atoms with van der Waals surface area (Å²) in [5.74, 6) is -0.324. The van der Waals surface area contributed by atoms with Gasteiger partial charge in [0.1, 0.15) is 0 Å². The van der Waals surface area contributed by atoms with Gasteiger partial charge in [-0.3, -0.25) is 14.9 Å². The highest BCUT2D eigenvalue weighted by Crippen LogP contribution is 2.30. The highest BCUT2D eigenvalue weighted by atomic mass is 35.5. The number of imide groups is 1. The van der Waals surface area contributed by atoms with Gasteiger partial charge in [-0.25, -0.2) is 0 Å². The van der Waals surface area contributed by atoms with Crippen LogP contribution in [0.1, 0.15) is 18.4 Å². The van der Waals surface area contributed by atoms with Crippen molar-refractivity contribution in [3.05, 3.63) is 34.7 Å². The SMILES string of the molecule is Cl.NC1CCCN(c2ccccc2C=C2SC(=O)NC2=O)C1. The Kier molecular flexibility index (Phi) is 5.50. The summed E-state index contributed by atoms with van der Waals surface area (Å²) in [7, 11) is 0. The van der Waals surface area contributed by atoms with Crippen LogP contribution in [-0.2, 0) is 4.79 Å². The molecule has 2 amide bonds. The van der Waals surface area contributed by atoms with E-state index in [4.69, 9.17) is 5.73 Å². The lowest BCUT2D eigenvalue weighted by molar-refractivity contribution is -0.115. The van der Waals surface area contributed by atoms with Crippen molar-refractivity contribution < 1.29 is 9.59 Å². The number of halogens is 1. The predicted octanol–water partition coefficient (Wildman–Crippen LogP) is 2.36. The van der Waals surface area contributed by atoms with Crippen LogP contribution >= 0.6 is 24.2 Å². The number of thioether (sulfide) groups is 1. The highest BCUT2D eigenvalue weighted by Gasteiger charge is 2.26. The van der Waals surface area contributed by atoms with Crippen LogP contribution in [0.5, 0.6) is 0 Å². The molecular formula is C15H18ClN3O2S. The monoisotopic (exact) mass is 339 g/mol. The van der Waals surface area contributed by atoms with Crippen molar-refractivity contribution in [3.8, 4) is 0 Å². The molecule has 7 heteroatoms. The number of hydrogen-bond donors (Lipinski definition) is 2. The molecule has 2 heterocycles. The summed E-state index contributed by atoms with van der Waals surface area (Å²) in [6.45, 7) is 1.78. The van der Waals surface area contributed by atoms with E-state index in [1.54, 1.807) is 6.08 Å². The molecule has 118 valence electrons. The van der Waals surface area contributed by atoms with Crippen molar-refractivity contribution in [3.63, 3.8) is 0 Å². The van der Waals surface area contributed by atoms with Gasteiger partial charge in [-0.05, 0) is 42.3 Å². The minimum absolute atomic E-state index is 0. The summed E-state index contributed by atoms with van der Waals surface area (Å²) < 4.78 is 0. The molecule has 5 nitrogen and oxygen atoms in total. The number of piperidine rings is 1. The number of benzene rings is 1. The zero-order valence-corrected chi connectivity index (χ0v) is 13.6. The van der Waals surface area contributed by atoms with Gasteiger partial charge < -0.3 is 10.6 Å². The first kappa shape index (κ1) is 16.9. The van der Waals surface area contributed by atoms with Crippen molar-refractivity contribution >= 4 is 47.1 Å². The van der Waals surface area contributed by atoms with Crippen LogP contribution in [0.25, 0.3) is 6.08 Å². The summed E-state index contributed by atoms with van der Waals surface area (Å²) in [4.78, 5) is 25.6. The molecule has 3 N–H and O–H groups in total. The molecule has 0 saturated carbocycles. The van der Waals surface area contributed by atoms with Gasteiger partial charge in [-0.2, -0.15) is 0 Å². The lowest BCUT2D eigenvalue weighted by Gasteiger charge is -2.33. The molecule has 1 aromatic rings. The lowest BCUT2D eigenvalue weighted by Crippen LogP contribution is -2.43. The average molecular weight is 340 g/mol. The molecule has 1 atom stereocenters. The number of nitrogens with two attached hydrogens (primary N) is 1. The predicted molar refractivity (Wildman–Crippen MR) is 92.2 cm³/mol. The van der Waals surface area contributed by atoms with Gasteiger partial charge in [0.15, 0.2) is 0 Å². The van der Waals surface area contributed by atoms with Crippen molar-refractivity contribution in [1.29, 1.82) is 0 Å². The summed E-state index contributed by atoms with van der Waals surface area (Å²) in [5, 5.41) is 1.96. The van der Waals surface area contributed by atoms with Crippen LogP contribution in [-0.4, -0.2) is 30.3 Å². The smallest absolute Gasteiger partial charge is 0.290 e. The molecule has 22 heavy (non-hydrogen) atoms. The molecule has 1 unspecified atom stereocenters. The maximum atomic E-state index is 11.7. The molecular weight excluding hydrogens is 322 g/mol. The van der Waals surface area contributed by atoms with Gasteiger partial charge in [0.25, 0.3) is 11.1 Å². The normalized spacial score (nSPS) is 23.4. The minimum Gasteiger partial charge on any atom is -0.369 e. The fourth-order valence-electron chi connectivity index (χ4n) is 2.69. The maximum Gasteiger partial charge on any atom is 0.290 e. The molecule has 2 saturated heterocycles. The number of carbonyl (C=O) groups is 2. The number of nitrogens with one attached hydrogen (secondary N) is 1. The minimum atomic E-state index is -0.324. The van der Waals surface area contributed by atoms with Crippen LogP contribution in [0.3, 0.4) is 0 Å². The second-order valence-electron chi connectivity index (χ2n) is 5.26. The van der Waals surface area contributed by atoms with Crippen LogP contribution < -0.4 is 16.0 Å². The third-order valence-corrected chi connectivity index (χ3v) is 4.47. The second-order valence-corrected chi connectivity index (χ2v) is 6.27. The van der Waals surface area contributed by atoms with Crippen LogP contribution in [0.4, 0.5) is 10.5 Å². The van der Waals surface area contributed by atoms with Gasteiger partial charge in [0.05, 0.1) is 4.91 Å². The van der Waals surface area contributed by atoms with E-state index in [-0.39, 0.29) is 29.6 Å². The van der Waals surface area contributed by atoms with Crippen LogP contribution in [0.15, 0.2) is 29.2 Å². The van der Waals surface area contributed by atoms with E-state index in [0.29, 0.717) is 4.91 Å². The molecule has 2 aliphatic rings. The summed E-state index contributed by atoms with van der Waals surface area (Å²) >= 11 is 0.943. The Hall–Kier alpha value is -1.50. The zero-order valence-electron chi connectivity index (χ0n) is 12.0. The van der Waals surface area contributed by atoms with E-state index < -0.39 is 0 Å².